The molecule has 1 heterocycles. The van der Waals surface area contributed by atoms with Crippen LogP contribution < -0.4 is 0 Å². The van der Waals surface area contributed by atoms with Crippen LogP contribution in [0, 0.1) is 4.51 Å². The molecule has 0 aliphatic rings. The highest BCUT2D eigenvalue weighted by Crippen LogP contribution is 2.18. The van der Waals surface area contributed by atoms with E-state index in [1.165, 1.54) is 10.9 Å². The SMILES string of the molecule is CCc1c[nH]c2c(=S)ccccc12. The molecule has 1 aromatic carbocycles. The van der Waals surface area contributed by atoms with E-state index in [-0.39, 0.29) is 0 Å². The number of hydrogen-bond donors (Lipinski definition) is 1. The summed E-state index contributed by atoms with van der Waals surface area (Å²) in [7, 11) is 0. The van der Waals surface area contributed by atoms with Gasteiger partial charge in [0.05, 0.1) is 10.0 Å². The Morgan fingerprint density at radius 1 is 1.31 bits per heavy atom. The number of fused-ring (bicyclic) bond motifs is 1. The molecule has 0 amide bonds. The van der Waals surface area contributed by atoms with Gasteiger partial charge in [-0.2, -0.15) is 0 Å². The summed E-state index contributed by atoms with van der Waals surface area (Å²) in [6.45, 7) is 2.15. The normalized spacial score (nSPS) is 10.5. The van der Waals surface area contributed by atoms with Crippen molar-refractivity contribution in [2.75, 3.05) is 0 Å². The number of nitrogens with one attached hydrogen (secondary N) is 1. The molecule has 0 fully saturated rings. The summed E-state index contributed by atoms with van der Waals surface area (Å²) in [6, 6.07) is 8.08. The van der Waals surface area contributed by atoms with E-state index in [0.717, 1.165) is 16.4 Å². The van der Waals surface area contributed by atoms with Gasteiger partial charge in [0.25, 0.3) is 0 Å². The smallest absolute Gasteiger partial charge is 0.0640 e. The van der Waals surface area contributed by atoms with Gasteiger partial charge >= 0.3 is 0 Å². The molecule has 66 valence electrons. The maximum Gasteiger partial charge on any atom is 0.0640 e. The van der Waals surface area contributed by atoms with Crippen molar-refractivity contribution >= 4 is 23.1 Å². The van der Waals surface area contributed by atoms with Crippen LogP contribution in [0.5, 0.6) is 0 Å². The molecule has 13 heavy (non-hydrogen) atoms. The van der Waals surface area contributed by atoms with Crippen molar-refractivity contribution in [3.8, 4) is 0 Å². The van der Waals surface area contributed by atoms with Gasteiger partial charge in [-0.05, 0) is 18.1 Å². The molecule has 1 N–H and O–H groups in total. The van der Waals surface area contributed by atoms with Gasteiger partial charge in [-0.15, -0.1) is 0 Å². The zero-order chi connectivity index (χ0) is 9.26. The van der Waals surface area contributed by atoms with Gasteiger partial charge in [0.15, 0.2) is 0 Å². The number of aryl methyl sites for hydroxylation is 1. The molecular formula is C11H11NS. The van der Waals surface area contributed by atoms with Gasteiger partial charge in [0, 0.05) is 11.6 Å². The number of rotatable bonds is 1. The van der Waals surface area contributed by atoms with E-state index < -0.39 is 0 Å². The third-order valence-electron chi connectivity index (χ3n) is 2.25. The van der Waals surface area contributed by atoms with Gasteiger partial charge in [0.1, 0.15) is 0 Å². The second-order valence-corrected chi connectivity index (χ2v) is 3.48. The lowest BCUT2D eigenvalue weighted by atomic mass is 10.2. The van der Waals surface area contributed by atoms with Crippen LogP contribution in [-0.2, 0) is 6.42 Å². The minimum atomic E-state index is 0.889. The molecule has 0 aliphatic carbocycles. The average molecular weight is 189 g/mol. The Morgan fingerprint density at radius 3 is 2.85 bits per heavy atom. The quantitative estimate of drug-likeness (QED) is 0.679. The fourth-order valence-corrected chi connectivity index (χ4v) is 1.79. The first-order valence-corrected chi connectivity index (χ1v) is 4.83. The van der Waals surface area contributed by atoms with Crippen LogP contribution in [0.4, 0.5) is 0 Å². The maximum absolute atomic E-state index is 5.25. The summed E-state index contributed by atoms with van der Waals surface area (Å²) in [5, 5.41) is 1.25. The Labute approximate surface area is 82.4 Å². The molecule has 0 atom stereocenters. The molecule has 0 bridgehead atoms. The second-order valence-electron chi connectivity index (χ2n) is 3.04. The van der Waals surface area contributed by atoms with E-state index in [0.29, 0.717) is 0 Å². The lowest BCUT2D eigenvalue weighted by molar-refractivity contribution is 1.15. The van der Waals surface area contributed by atoms with E-state index in [2.05, 4.69) is 18.0 Å². The summed E-state index contributed by atoms with van der Waals surface area (Å²) in [4.78, 5) is 3.22. The van der Waals surface area contributed by atoms with Crippen molar-refractivity contribution in [3.63, 3.8) is 0 Å². The first kappa shape index (κ1) is 8.45. The molecule has 1 nitrogen and oxygen atoms in total. The molecule has 2 rings (SSSR count). The highest BCUT2D eigenvalue weighted by atomic mass is 32.1. The lowest BCUT2D eigenvalue weighted by Crippen LogP contribution is -1.71. The van der Waals surface area contributed by atoms with Gasteiger partial charge < -0.3 is 4.98 Å². The molecule has 0 saturated carbocycles. The topological polar surface area (TPSA) is 15.8 Å². The highest BCUT2D eigenvalue weighted by Gasteiger charge is 1.99. The summed E-state index contributed by atoms with van der Waals surface area (Å²) in [5.41, 5.74) is 2.41. The van der Waals surface area contributed by atoms with Crippen molar-refractivity contribution in [3.05, 3.63) is 40.5 Å². The van der Waals surface area contributed by atoms with E-state index in [4.69, 9.17) is 12.2 Å². The first-order chi connectivity index (χ1) is 6.33. The molecule has 0 aliphatic heterocycles. The molecule has 0 saturated heterocycles. The second kappa shape index (κ2) is 3.30. The Hall–Kier alpha value is -1.15. The van der Waals surface area contributed by atoms with Crippen molar-refractivity contribution in [2.45, 2.75) is 13.3 Å². The molecule has 2 heteroatoms. The van der Waals surface area contributed by atoms with Crippen LogP contribution in [-0.4, -0.2) is 4.98 Å². The van der Waals surface area contributed by atoms with Gasteiger partial charge in [-0.25, -0.2) is 0 Å². The molecule has 1 aromatic heterocycles. The van der Waals surface area contributed by atoms with Crippen molar-refractivity contribution < 1.29 is 0 Å². The fraction of sp³-hybridized carbons (Fsp3) is 0.182. The predicted molar refractivity (Wildman–Crippen MR) is 58.5 cm³/mol. The number of hydrogen-bond acceptors (Lipinski definition) is 1. The van der Waals surface area contributed by atoms with Crippen LogP contribution in [0.1, 0.15) is 12.5 Å². The summed E-state index contributed by atoms with van der Waals surface area (Å²) >= 11 is 5.25. The van der Waals surface area contributed by atoms with Crippen LogP contribution in [0.2, 0.25) is 0 Å². The van der Waals surface area contributed by atoms with E-state index in [1.807, 2.05) is 24.4 Å². The van der Waals surface area contributed by atoms with Crippen molar-refractivity contribution in [1.82, 2.24) is 4.98 Å². The zero-order valence-electron chi connectivity index (χ0n) is 7.50. The third kappa shape index (κ3) is 1.38. The number of aromatic amines is 1. The van der Waals surface area contributed by atoms with E-state index in [1.54, 1.807) is 0 Å². The van der Waals surface area contributed by atoms with Crippen molar-refractivity contribution in [1.29, 1.82) is 0 Å². The third-order valence-corrected chi connectivity index (χ3v) is 2.60. The number of aromatic nitrogens is 1. The molecule has 2 aromatic rings. The standard InChI is InChI=1S/C11H11NS/c1-2-8-7-12-11-9(8)5-3-4-6-10(11)13/h3-7,12H,2H2,1H3. The monoisotopic (exact) mass is 189 g/mol. The van der Waals surface area contributed by atoms with Gasteiger partial charge in [-0.1, -0.05) is 37.3 Å². The average Bonchev–Trinajstić information content (AvgIpc) is 2.47. The first-order valence-electron chi connectivity index (χ1n) is 4.42. The predicted octanol–water partition coefficient (Wildman–Crippen LogP) is 3.46. The minimum Gasteiger partial charge on any atom is -0.360 e. The minimum absolute atomic E-state index is 0.889. The zero-order valence-corrected chi connectivity index (χ0v) is 8.32. The molecule has 0 spiro atoms. The molecular weight excluding hydrogens is 178 g/mol. The van der Waals surface area contributed by atoms with Gasteiger partial charge in [-0.3, -0.25) is 0 Å². The van der Waals surface area contributed by atoms with Gasteiger partial charge in [0.2, 0.25) is 0 Å². The molecule has 0 unspecified atom stereocenters. The lowest BCUT2D eigenvalue weighted by Gasteiger charge is -1.87. The Kier molecular flexibility index (Phi) is 2.15. The van der Waals surface area contributed by atoms with Crippen LogP contribution >= 0.6 is 12.2 Å². The summed E-state index contributed by atoms with van der Waals surface area (Å²) < 4.78 is 0.889. The summed E-state index contributed by atoms with van der Waals surface area (Å²) in [5.74, 6) is 0. The Morgan fingerprint density at radius 2 is 2.08 bits per heavy atom. The van der Waals surface area contributed by atoms with Crippen LogP contribution in [0.25, 0.3) is 10.9 Å². The Bertz CT molecular complexity index is 485. The molecule has 0 radical (unpaired) electrons. The largest absolute Gasteiger partial charge is 0.360 e. The fourth-order valence-electron chi connectivity index (χ4n) is 1.54. The van der Waals surface area contributed by atoms with Crippen LogP contribution in [0.3, 0.4) is 0 Å². The maximum atomic E-state index is 5.25. The van der Waals surface area contributed by atoms with Crippen LogP contribution in [0.15, 0.2) is 30.5 Å². The van der Waals surface area contributed by atoms with E-state index >= 15 is 0 Å². The summed E-state index contributed by atoms with van der Waals surface area (Å²) in [6.07, 6.45) is 3.08. The van der Waals surface area contributed by atoms with E-state index in [9.17, 15) is 0 Å². The number of H-pyrrole nitrogens is 1. The van der Waals surface area contributed by atoms with Crippen molar-refractivity contribution in [2.24, 2.45) is 0 Å². The highest BCUT2D eigenvalue weighted by molar-refractivity contribution is 7.71. The Balaban J connectivity index is 2.94.